The number of ether oxygens (including phenoxy) is 1. The Morgan fingerprint density at radius 3 is 2.47 bits per heavy atom. The summed E-state index contributed by atoms with van der Waals surface area (Å²) in [7, 11) is 1.63. The number of rotatable bonds is 7. The van der Waals surface area contributed by atoms with Gasteiger partial charge in [0.15, 0.2) is 0 Å². The number of hydrogen-bond donors (Lipinski definition) is 1. The third-order valence-corrected chi connectivity index (χ3v) is 5.54. The van der Waals surface area contributed by atoms with E-state index in [4.69, 9.17) is 4.74 Å². The van der Waals surface area contributed by atoms with Crippen molar-refractivity contribution in [3.63, 3.8) is 0 Å². The Balaban J connectivity index is 1.49. The van der Waals surface area contributed by atoms with Crippen LogP contribution in [0.4, 0.5) is 5.69 Å². The Morgan fingerprint density at radius 2 is 1.77 bits per heavy atom. The van der Waals surface area contributed by atoms with Gasteiger partial charge in [-0.2, -0.15) is 0 Å². The Kier molecular flexibility index (Phi) is 7.46. The number of methoxy groups -OCH3 is 1. The Labute approximate surface area is 178 Å². The quantitative estimate of drug-likeness (QED) is 0.764. The SMILES string of the molecule is CCc1ccccc1NC(=O)CN1CCN(C(=O)Cc2cc(C)ccc2OC)CC1. The average Bonchev–Trinajstić information content (AvgIpc) is 2.74. The predicted molar refractivity (Wildman–Crippen MR) is 119 cm³/mol. The van der Waals surface area contributed by atoms with Gasteiger partial charge in [0.2, 0.25) is 11.8 Å². The maximum absolute atomic E-state index is 12.8. The van der Waals surface area contributed by atoms with Crippen molar-refractivity contribution in [1.82, 2.24) is 9.80 Å². The monoisotopic (exact) mass is 409 g/mol. The fraction of sp³-hybridized carbons (Fsp3) is 0.417. The minimum Gasteiger partial charge on any atom is -0.496 e. The Hall–Kier alpha value is -2.86. The van der Waals surface area contributed by atoms with Gasteiger partial charge in [0, 0.05) is 37.4 Å². The number of amides is 2. The maximum Gasteiger partial charge on any atom is 0.238 e. The first-order chi connectivity index (χ1) is 14.5. The lowest BCUT2D eigenvalue weighted by Crippen LogP contribution is -2.50. The fourth-order valence-electron chi connectivity index (χ4n) is 3.82. The summed E-state index contributed by atoms with van der Waals surface area (Å²) in [6.45, 7) is 7.08. The first-order valence-corrected chi connectivity index (χ1v) is 10.5. The van der Waals surface area contributed by atoms with Gasteiger partial charge in [-0.3, -0.25) is 14.5 Å². The van der Waals surface area contributed by atoms with E-state index in [-0.39, 0.29) is 11.8 Å². The van der Waals surface area contributed by atoms with Crippen LogP contribution in [0.25, 0.3) is 0 Å². The van der Waals surface area contributed by atoms with Gasteiger partial charge < -0.3 is 15.0 Å². The van der Waals surface area contributed by atoms with Gasteiger partial charge in [-0.25, -0.2) is 0 Å². The second-order valence-electron chi connectivity index (χ2n) is 7.71. The van der Waals surface area contributed by atoms with E-state index in [1.54, 1.807) is 7.11 Å². The molecule has 1 N–H and O–H groups in total. The predicted octanol–water partition coefficient (Wildman–Crippen LogP) is 2.89. The summed E-state index contributed by atoms with van der Waals surface area (Å²) in [5.74, 6) is 0.830. The van der Waals surface area contributed by atoms with Crippen LogP contribution < -0.4 is 10.1 Å². The summed E-state index contributed by atoms with van der Waals surface area (Å²) in [6, 6.07) is 13.8. The number of carbonyl (C=O) groups excluding carboxylic acids is 2. The van der Waals surface area contributed by atoms with Crippen molar-refractivity contribution in [2.75, 3.05) is 45.2 Å². The fourth-order valence-corrected chi connectivity index (χ4v) is 3.82. The van der Waals surface area contributed by atoms with Gasteiger partial charge in [0.1, 0.15) is 5.75 Å². The zero-order chi connectivity index (χ0) is 21.5. The molecule has 1 saturated heterocycles. The molecule has 0 radical (unpaired) electrons. The third-order valence-electron chi connectivity index (χ3n) is 5.54. The lowest BCUT2D eigenvalue weighted by atomic mass is 10.1. The van der Waals surface area contributed by atoms with Crippen molar-refractivity contribution >= 4 is 17.5 Å². The van der Waals surface area contributed by atoms with E-state index >= 15 is 0 Å². The van der Waals surface area contributed by atoms with Gasteiger partial charge in [0.25, 0.3) is 0 Å². The van der Waals surface area contributed by atoms with E-state index in [2.05, 4.69) is 17.1 Å². The van der Waals surface area contributed by atoms with Crippen molar-refractivity contribution in [2.24, 2.45) is 0 Å². The number of benzene rings is 2. The molecule has 1 aliphatic heterocycles. The number of aryl methyl sites for hydroxylation is 2. The molecule has 2 amide bonds. The van der Waals surface area contributed by atoms with E-state index < -0.39 is 0 Å². The van der Waals surface area contributed by atoms with Gasteiger partial charge >= 0.3 is 0 Å². The van der Waals surface area contributed by atoms with E-state index in [0.29, 0.717) is 39.1 Å². The van der Waals surface area contributed by atoms with Crippen molar-refractivity contribution in [2.45, 2.75) is 26.7 Å². The number of nitrogens with one attached hydrogen (secondary N) is 1. The summed E-state index contributed by atoms with van der Waals surface area (Å²) in [5.41, 5.74) is 4.04. The third kappa shape index (κ3) is 5.60. The first kappa shape index (κ1) is 21.8. The summed E-state index contributed by atoms with van der Waals surface area (Å²) in [6.07, 6.45) is 1.21. The van der Waals surface area contributed by atoms with Crippen LogP contribution >= 0.6 is 0 Å². The molecule has 3 rings (SSSR count). The highest BCUT2D eigenvalue weighted by molar-refractivity contribution is 5.93. The van der Waals surface area contributed by atoms with Crippen LogP contribution in [0.1, 0.15) is 23.6 Å². The lowest BCUT2D eigenvalue weighted by molar-refractivity contribution is -0.132. The number of nitrogens with zero attached hydrogens (tertiary/aromatic N) is 2. The van der Waals surface area contributed by atoms with Crippen LogP contribution in [0.15, 0.2) is 42.5 Å². The Bertz CT molecular complexity index is 889. The highest BCUT2D eigenvalue weighted by Crippen LogP contribution is 2.21. The largest absolute Gasteiger partial charge is 0.496 e. The minimum atomic E-state index is -0.0137. The molecule has 1 heterocycles. The maximum atomic E-state index is 12.8. The molecule has 1 fully saturated rings. The van der Waals surface area contributed by atoms with Crippen molar-refractivity contribution in [1.29, 1.82) is 0 Å². The van der Waals surface area contributed by atoms with Gasteiger partial charge in [0.05, 0.1) is 20.1 Å². The normalized spacial score (nSPS) is 14.4. The molecule has 0 atom stereocenters. The summed E-state index contributed by atoms with van der Waals surface area (Å²) in [4.78, 5) is 29.2. The van der Waals surface area contributed by atoms with Crippen LogP contribution in [-0.2, 0) is 22.4 Å². The molecule has 0 saturated carbocycles. The van der Waals surface area contributed by atoms with E-state index in [1.807, 2.05) is 54.3 Å². The van der Waals surface area contributed by atoms with Crippen molar-refractivity contribution < 1.29 is 14.3 Å². The second kappa shape index (κ2) is 10.3. The van der Waals surface area contributed by atoms with Gasteiger partial charge in [-0.15, -0.1) is 0 Å². The number of hydrogen-bond acceptors (Lipinski definition) is 4. The van der Waals surface area contributed by atoms with Gasteiger partial charge in [-0.1, -0.05) is 42.8 Å². The summed E-state index contributed by atoms with van der Waals surface area (Å²) in [5, 5.41) is 3.02. The molecule has 0 bridgehead atoms. The molecule has 0 aliphatic carbocycles. The molecular formula is C24H31N3O3. The molecule has 0 unspecified atom stereocenters. The minimum absolute atomic E-state index is 0.0137. The number of piperazine rings is 1. The molecule has 0 spiro atoms. The molecule has 6 nitrogen and oxygen atoms in total. The molecule has 30 heavy (non-hydrogen) atoms. The van der Waals surface area contributed by atoms with Crippen molar-refractivity contribution in [3.8, 4) is 5.75 Å². The molecule has 1 aliphatic rings. The van der Waals surface area contributed by atoms with E-state index in [9.17, 15) is 9.59 Å². The highest BCUT2D eigenvalue weighted by atomic mass is 16.5. The Morgan fingerprint density at radius 1 is 1.03 bits per heavy atom. The van der Waals surface area contributed by atoms with Crippen LogP contribution in [0.3, 0.4) is 0 Å². The van der Waals surface area contributed by atoms with E-state index in [1.165, 1.54) is 0 Å². The molecule has 6 heteroatoms. The molecule has 0 aromatic heterocycles. The zero-order valence-corrected chi connectivity index (χ0v) is 18.1. The average molecular weight is 410 g/mol. The molecule has 2 aromatic carbocycles. The number of carbonyl (C=O) groups is 2. The molecule has 160 valence electrons. The van der Waals surface area contributed by atoms with Gasteiger partial charge in [-0.05, 0) is 31.0 Å². The standard InChI is InChI=1S/C24H31N3O3/c1-4-19-7-5-6-8-21(19)25-23(28)17-26-11-13-27(14-12-26)24(29)16-20-15-18(2)9-10-22(20)30-3/h5-10,15H,4,11-14,16-17H2,1-3H3,(H,25,28). The highest BCUT2D eigenvalue weighted by Gasteiger charge is 2.23. The molecule has 2 aromatic rings. The number of para-hydroxylation sites is 1. The second-order valence-corrected chi connectivity index (χ2v) is 7.71. The first-order valence-electron chi connectivity index (χ1n) is 10.5. The summed E-state index contributed by atoms with van der Waals surface area (Å²) < 4.78 is 5.39. The summed E-state index contributed by atoms with van der Waals surface area (Å²) >= 11 is 0. The van der Waals surface area contributed by atoms with Crippen LogP contribution in [0.5, 0.6) is 5.75 Å². The van der Waals surface area contributed by atoms with E-state index in [0.717, 1.165) is 34.5 Å². The van der Waals surface area contributed by atoms with Crippen LogP contribution in [0.2, 0.25) is 0 Å². The zero-order valence-electron chi connectivity index (χ0n) is 18.1. The lowest BCUT2D eigenvalue weighted by Gasteiger charge is -2.34. The van der Waals surface area contributed by atoms with Crippen molar-refractivity contribution in [3.05, 3.63) is 59.2 Å². The van der Waals surface area contributed by atoms with Crippen LogP contribution in [-0.4, -0.2) is 61.4 Å². The molecular weight excluding hydrogens is 378 g/mol. The topological polar surface area (TPSA) is 61.9 Å². The number of anilines is 1. The smallest absolute Gasteiger partial charge is 0.238 e. The van der Waals surface area contributed by atoms with Crippen LogP contribution in [0, 0.1) is 6.92 Å².